The third-order valence-electron chi connectivity index (χ3n) is 6.80. The maximum absolute atomic E-state index is 12.4. The third kappa shape index (κ3) is 24.2. The molecule has 0 saturated carbocycles. The molecule has 0 saturated heterocycles. The Balaban J connectivity index is 3.60. The van der Waals surface area contributed by atoms with Crippen molar-refractivity contribution < 1.29 is 28.7 Å². The van der Waals surface area contributed by atoms with E-state index >= 15 is 0 Å². The monoisotopic (exact) mass is 540 g/mol. The van der Waals surface area contributed by atoms with Crippen LogP contribution in [-0.2, 0) is 28.7 Å². The highest BCUT2D eigenvalue weighted by Crippen LogP contribution is 2.12. The van der Waals surface area contributed by atoms with Gasteiger partial charge in [-0.25, -0.2) is 0 Å². The van der Waals surface area contributed by atoms with E-state index in [-0.39, 0.29) is 23.8 Å². The lowest BCUT2D eigenvalue weighted by Crippen LogP contribution is -2.37. The van der Waals surface area contributed by atoms with Crippen LogP contribution in [0.2, 0.25) is 0 Å². The van der Waals surface area contributed by atoms with Crippen LogP contribution in [-0.4, -0.2) is 74.0 Å². The fourth-order valence-corrected chi connectivity index (χ4v) is 4.24. The van der Waals surface area contributed by atoms with E-state index < -0.39 is 0 Å². The second-order valence-corrected chi connectivity index (χ2v) is 10.5. The van der Waals surface area contributed by atoms with Crippen molar-refractivity contribution >= 4 is 23.8 Å². The number of ether oxygens (including phenoxy) is 2. The minimum Gasteiger partial charge on any atom is -0.466 e. The fraction of sp³-hybridized carbons (Fsp3) is 0.867. The highest BCUT2D eigenvalue weighted by Gasteiger charge is 2.12. The Labute approximate surface area is 232 Å². The number of carbonyl (C=O) groups is 4. The number of hydrogen-bond donors (Lipinski definition) is 0. The van der Waals surface area contributed by atoms with Gasteiger partial charge in [0.25, 0.3) is 0 Å². The van der Waals surface area contributed by atoms with Crippen molar-refractivity contribution in [2.75, 3.05) is 40.4 Å². The van der Waals surface area contributed by atoms with E-state index in [1.165, 1.54) is 39.5 Å². The highest BCUT2D eigenvalue weighted by molar-refractivity contribution is 5.77. The summed E-state index contributed by atoms with van der Waals surface area (Å²) in [5, 5.41) is 0. The van der Waals surface area contributed by atoms with E-state index in [1.54, 1.807) is 9.80 Å². The van der Waals surface area contributed by atoms with Gasteiger partial charge < -0.3 is 19.3 Å². The number of amides is 2. The molecule has 0 fully saturated rings. The molecule has 222 valence electrons. The molecule has 0 aromatic carbocycles. The zero-order valence-corrected chi connectivity index (χ0v) is 24.9. The van der Waals surface area contributed by atoms with Gasteiger partial charge in [0.1, 0.15) is 0 Å². The predicted octanol–water partition coefficient (Wildman–Crippen LogP) is 6.05. The Morgan fingerprint density at radius 2 is 0.711 bits per heavy atom. The first kappa shape index (κ1) is 35.9. The third-order valence-corrected chi connectivity index (χ3v) is 6.80. The summed E-state index contributed by atoms with van der Waals surface area (Å²) in [4.78, 5) is 49.6. The van der Waals surface area contributed by atoms with Gasteiger partial charge in [0.15, 0.2) is 0 Å². The van der Waals surface area contributed by atoms with Crippen LogP contribution in [0.25, 0.3) is 0 Å². The summed E-state index contributed by atoms with van der Waals surface area (Å²) in [5.41, 5.74) is 0. The molecule has 0 atom stereocenters. The summed E-state index contributed by atoms with van der Waals surface area (Å²) in [6, 6.07) is 0. The van der Waals surface area contributed by atoms with Crippen LogP contribution in [0.15, 0.2) is 0 Å². The lowest BCUT2D eigenvalue weighted by atomic mass is 10.1. The van der Waals surface area contributed by atoms with E-state index in [0.29, 0.717) is 39.1 Å². The van der Waals surface area contributed by atoms with E-state index in [4.69, 9.17) is 9.47 Å². The molecule has 0 rings (SSSR count). The molecule has 0 heterocycles. The normalized spacial score (nSPS) is 10.7. The quantitative estimate of drug-likeness (QED) is 0.103. The number of likely N-dealkylation sites (N-methyl/N-ethyl adjacent to an activating group) is 2. The first-order chi connectivity index (χ1) is 18.2. The Hall–Kier alpha value is -2.12. The van der Waals surface area contributed by atoms with Gasteiger partial charge in [0, 0.05) is 53.9 Å². The molecule has 0 aliphatic heterocycles. The minimum absolute atomic E-state index is 0.155. The smallest absolute Gasteiger partial charge is 0.302 e. The van der Waals surface area contributed by atoms with Gasteiger partial charge in [-0.3, -0.25) is 19.2 Å². The Kier molecular flexibility index (Phi) is 23.8. The van der Waals surface area contributed by atoms with Crippen LogP contribution < -0.4 is 0 Å². The molecule has 0 radical (unpaired) electrons. The molecule has 8 nitrogen and oxygen atoms in total. The van der Waals surface area contributed by atoms with Crippen molar-refractivity contribution in [3.8, 4) is 0 Å². The molecule has 0 aliphatic carbocycles. The number of esters is 2. The first-order valence-corrected chi connectivity index (χ1v) is 15.0. The van der Waals surface area contributed by atoms with E-state index in [0.717, 1.165) is 77.0 Å². The summed E-state index contributed by atoms with van der Waals surface area (Å²) >= 11 is 0. The maximum Gasteiger partial charge on any atom is 0.302 e. The largest absolute Gasteiger partial charge is 0.466 e. The van der Waals surface area contributed by atoms with Crippen LogP contribution >= 0.6 is 0 Å². The maximum atomic E-state index is 12.4. The van der Waals surface area contributed by atoms with Crippen molar-refractivity contribution in [1.29, 1.82) is 0 Å². The molecular formula is C30H56N2O6. The zero-order valence-electron chi connectivity index (χ0n) is 24.9. The molecular weight excluding hydrogens is 484 g/mol. The topological polar surface area (TPSA) is 93.2 Å². The summed E-state index contributed by atoms with van der Waals surface area (Å²) in [5.74, 6) is -0.103. The minimum atomic E-state index is -0.207. The zero-order chi connectivity index (χ0) is 28.4. The number of nitrogens with zero attached hydrogens (tertiary/aromatic N) is 2. The van der Waals surface area contributed by atoms with Gasteiger partial charge >= 0.3 is 11.9 Å². The van der Waals surface area contributed by atoms with E-state index in [9.17, 15) is 19.2 Å². The molecule has 2 amide bonds. The summed E-state index contributed by atoms with van der Waals surface area (Å²) in [6.45, 7) is 5.08. The lowest BCUT2D eigenvalue weighted by Gasteiger charge is -2.22. The molecule has 38 heavy (non-hydrogen) atoms. The predicted molar refractivity (Wildman–Crippen MR) is 152 cm³/mol. The molecule has 0 aliphatic rings. The summed E-state index contributed by atoms with van der Waals surface area (Å²) in [7, 11) is 3.65. The Morgan fingerprint density at radius 1 is 0.447 bits per heavy atom. The van der Waals surface area contributed by atoms with Crippen LogP contribution in [0.4, 0.5) is 0 Å². The second-order valence-electron chi connectivity index (χ2n) is 10.5. The summed E-state index contributed by atoms with van der Waals surface area (Å²) in [6.07, 6.45) is 18.5. The molecule has 0 spiro atoms. The molecule has 8 heteroatoms. The van der Waals surface area contributed by atoms with E-state index in [2.05, 4.69) is 0 Å². The van der Waals surface area contributed by atoms with Crippen LogP contribution in [0.5, 0.6) is 0 Å². The lowest BCUT2D eigenvalue weighted by molar-refractivity contribution is -0.142. The molecule has 0 unspecified atom stereocenters. The van der Waals surface area contributed by atoms with Gasteiger partial charge in [-0.2, -0.15) is 0 Å². The Bertz CT molecular complexity index is 586. The molecule has 0 aromatic heterocycles. The van der Waals surface area contributed by atoms with Crippen molar-refractivity contribution in [3.05, 3.63) is 0 Å². The van der Waals surface area contributed by atoms with Crippen molar-refractivity contribution in [2.24, 2.45) is 0 Å². The molecule has 0 N–H and O–H groups in total. The number of hydrogen-bond acceptors (Lipinski definition) is 6. The van der Waals surface area contributed by atoms with Gasteiger partial charge in [-0.05, 0) is 25.7 Å². The second kappa shape index (κ2) is 25.2. The van der Waals surface area contributed by atoms with Gasteiger partial charge in [0.2, 0.25) is 11.8 Å². The highest BCUT2D eigenvalue weighted by atomic mass is 16.5. The van der Waals surface area contributed by atoms with E-state index in [1.807, 2.05) is 14.1 Å². The van der Waals surface area contributed by atoms with Crippen molar-refractivity contribution in [2.45, 2.75) is 129 Å². The Morgan fingerprint density at radius 3 is 1.00 bits per heavy atom. The molecule has 0 aromatic rings. The SMILES string of the molecule is CC(=O)OCCCCCCCCCCC(=O)N(C)CCN(C)C(=O)CCCCCCCCCCOC(C)=O. The van der Waals surface area contributed by atoms with Crippen LogP contribution in [0, 0.1) is 0 Å². The van der Waals surface area contributed by atoms with Crippen LogP contribution in [0.1, 0.15) is 129 Å². The van der Waals surface area contributed by atoms with Crippen molar-refractivity contribution in [1.82, 2.24) is 9.80 Å². The van der Waals surface area contributed by atoms with Gasteiger partial charge in [-0.1, -0.05) is 77.0 Å². The fourth-order valence-electron chi connectivity index (χ4n) is 4.24. The van der Waals surface area contributed by atoms with Crippen LogP contribution in [0.3, 0.4) is 0 Å². The molecule has 0 bridgehead atoms. The van der Waals surface area contributed by atoms with Gasteiger partial charge in [-0.15, -0.1) is 0 Å². The number of rotatable bonds is 25. The van der Waals surface area contributed by atoms with Crippen molar-refractivity contribution in [3.63, 3.8) is 0 Å². The standard InChI is InChI=1S/C30H56N2O6/c1-27(33)37-25-19-15-11-7-5-9-13-17-21-29(35)31(3)23-24-32(4)30(36)22-18-14-10-6-8-12-16-20-26-38-28(2)34/h5-26H2,1-4H3. The summed E-state index contributed by atoms with van der Waals surface area (Å²) < 4.78 is 9.86. The number of unbranched alkanes of at least 4 members (excludes halogenated alkanes) is 14. The number of carbonyl (C=O) groups excluding carboxylic acids is 4. The van der Waals surface area contributed by atoms with Gasteiger partial charge in [0.05, 0.1) is 13.2 Å². The average Bonchev–Trinajstić information content (AvgIpc) is 2.87. The average molecular weight is 541 g/mol. The first-order valence-electron chi connectivity index (χ1n) is 15.0.